The van der Waals surface area contributed by atoms with Crippen LogP contribution in [0.25, 0.3) is 0 Å². The fourth-order valence-corrected chi connectivity index (χ4v) is 10.6. The molecule has 1 fully saturated rings. The van der Waals surface area contributed by atoms with Gasteiger partial charge in [-0.05, 0) is 55.2 Å². The van der Waals surface area contributed by atoms with Crippen LogP contribution in [0.2, 0.25) is 16.6 Å². The summed E-state index contributed by atoms with van der Waals surface area (Å²) in [5.41, 5.74) is 2.97. The minimum atomic E-state index is -1.83. The number of aliphatic imine (C=N–C) groups is 2. The Morgan fingerprint density at radius 2 is 1.58 bits per heavy atom. The second kappa shape index (κ2) is 11.6. The molecule has 0 aliphatic carbocycles. The lowest BCUT2D eigenvalue weighted by molar-refractivity contribution is 0.100. The molecule has 1 aliphatic heterocycles. The highest BCUT2D eigenvalue weighted by Crippen LogP contribution is 2.44. The predicted octanol–water partition coefficient (Wildman–Crippen LogP) is 6.64. The molecular weight excluding hydrogens is 402 g/mol. The zero-order valence-corrected chi connectivity index (χ0v) is 21.5. The number of para-hydroxylation sites is 1. The quantitative estimate of drug-likeness (QED) is 0.257. The molecular formula is C25H41N3O2Si. The summed E-state index contributed by atoms with van der Waals surface area (Å²) < 4.78 is 12.7. The van der Waals surface area contributed by atoms with Gasteiger partial charge in [0.25, 0.3) is 0 Å². The Bertz CT molecular complexity index is 730. The lowest BCUT2D eigenvalue weighted by Crippen LogP contribution is -2.52. The highest BCUT2D eigenvalue weighted by molar-refractivity contribution is 6.77. The third-order valence-electron chi connectivity index (χ3n) is 6.47. The predicted molar refractivity (Wildman–Crippen MR) is 135 cm³/mol. The molecule has 0 radical (unpaired) electrons. The van der Waals surface area contributed by atoms with Crippen LogP contribution in [0.3, 0.4) is 0 Å². The van der Waals surface area contributed by atoms with Crippen molar-refractivity contribution in [3.05, 3.63) is 42.2 Å². The van der Waals surface area contributed by atoms with Crippen LogP contribution in [0, 0.1) is 0 Å². The number of hydrogen-bond donors (Lipinski definition) is 0. The molecule has 2 rings (SSSR count). The standard InChI is InChI=1S/C25H41N3O2Si/c1-19(2)31(20(3)4,21(5)6)30-24-14-16-28(17-15-24)22(7)18-27-25(26-8)29-23-12-10-9-11-13-23/h9-13,18-21,24H,8,14-17H2,1-7H3/b22-18+,27-25+. The van der Waals surface area contributed by atoms with Crippen LogP contribution in [0.1, 0.15) is 61.3 Å². The van der Waals surface area contributed by atoms with E-state index in [0.29, 0.717) is 28.5 Å². The van der Waals surface area contributed by atoms with Gasteiger partial charge in [-0.1, -0.05) is 59.7 Å². The van der Waals surface area contributed by atoms with E-state index >= 15 is 0 Å². The first-order chi connectivity index (χ1) is 14.7. The Balaban J connectivity index is 1.98. The average Bonchev–Trinajstić information content (AvgIpc) is 2.75. The van der Waals surface area contributed by atoms with Gasteiger partial charge in [-0.15, -0.1) is 0 Å². The molecule has 0 aromatic heterocycles. The highest BCUT2D eigenvalue weighted by Gasteiger charge is 2.46. The maximum atomic E-state index is 7.00. The van der Waals surface area contributed by atoms with Gasteiger partial charge < -0.3 is 14.1 Å². The van der Waals surface area contributed by atoms with Crippen molar-refractivity contribution < 1.29 is 9.16 Å². The first-order valence-corrected chi connectivity index (χ1v) is 13.7. The van der Waals surface area contributed by atoms with Crippen molar-refractivity contribution in [1.29, 1.82) is 0 Å². The normalized spacial score (nSPS) is 17.0. The van der Waals surface area contributed by atoms with Gasteiger partial charge in [0.15, 0.2) is 0 Å². The lowest BCUT2D eigenvalue weighted by atomic mass is 10.1. The Hall–Kier alpha value is -1.92. The van der Waals surface area contributed by atoms with Gasteiger partial charge >= 0.3 is 6.02 Å². The summed E-state index contributed by atoms with van der Waals surface area (Å²) in [5.74, 6) is 0.700. The monoisotopic (exact) mass is 443 g/mol. The summed E-state index contributed by atoms with van der Waals surface area (Å²) >= 11 is 0. The molecule has 0 amide bonds. The van der Waals surface area contributed by atoms with E-state index in [0.717, 1.165) is 31.6 Å². The van der Waals surface area contributed by atoms with Crippen LogP contribution in [0.4, 0.5) is 0 Å². The second-order valence-corrected chi connectivity index (χ2v) is 14.8. The van der Waals surface area contributed by atoms with Crippen LogP contribution < -0.4 is 4.74 Å². The second-order valence-electron chi connectivity index (χ2n) is 9.38. The third-order valence-corrected chi connectivity index (χ3v) is 12.6. The van der Waals surface area contributed by atoms with Crippen molar-refractivity contribution in [3.8, 4) is 5.75 Å². The number of benzene rings is 1. The topological polar surface area (TPSA) is 46.4 Å². The van der Waals surface area contributed by atoms with Crippen LogP contribution in [0.15, 0.2) is 52.2 Å². The molecule has 1 aromatic carbocycles. The smallest absolute Gasteiger partial charge is 0.321 e. The van der Waals surface area contributed by atoms with E-state index in [4.69, 9.17) is 9.16 Å². The molecule has 172 valence electrons. The minimum absolute atomic E-state index is 0.255. The van der Waals surface area contributed by atoms with Gasteiger partial charge in [0.2, 0.25) is 8.32 Å². The van der Waals surface area contributed by atoms with E-state index in [1.54, 1.807) is 0 Å². The van der Waals surface area contributed by atoms with Crippen LogP contribution in [-0.2, 0) is 4.43 Å². The summed E-state index contributed by atoms with van der Waals surface area (Å²) in [7, 11) is -1.83. The molecule has 5 nitrogen and oxygen atoms in total. The Kier molecular flexibility index (Phi) is 9.50. The van der Waals surface area contributed by atoms with Crippen LogP contribution >= 0.6 is 0 Å². The molecule has 0 saturated carbocycles. The number of hydrogen-bond acceptors (Lipinski definition) is 4. The number of piperidine rings is 1. The van der Waals surface area contributed by atoms with E-state index in [9.17, 15) is 0 Å². The number of allylic oxidation sites excluding steroid dienone is 1. The van der Waals surface area contributed by atoms with Gasteiger partial charge in [0, 0.05) is 24.9 Å². The Labute approximate surface area is 190 Å². The third kappa shape index (κ3) is 6.53. The minimum Gasteiger partial charge on any atom is -0.424 e. The maximum Gasteiger partial charge on any atom is 0.321 e. The first-order valence-electron chi connectivity index (χ1n) is 11.6. The maximum absolute atomic E-state index is 7.00. The molecule has 0 bridgehead atoms. The van der Waals surface area contributed by atoms with Crippen molar-refractivity contribution in [3.63, 3.8) is 0 Å². The van der Waals surface area contributed by atoms with Gasteiger partial charge in [0.1, 0.15) is 5.75 Å². The van der Waals surface area contributed by atoms with Crippen molar-refractivity contribution >= 4 is 21.1 Å². The summed E-state index contributed by atoms with van der Waals surface area (Å²) in [6, 6.07) is 9.77. The number of nitrogens with zero attached hydrogens (tertiary/aromatic N) is 3. The highest BCUT2D eigenvalue weighted by atomic mass is 28.4. The van der Waals surface area contributed by atoms with Gasteiger partial charge in [-0.2, -0.15) is 0 Å². The molecule has 0 N–H and O–H groups in total. The van der Waals surface area contributed by atoms with Gasteiger partial charge in [-0.25, -0.2) is 9.98 Å². The fraction of sp³-hybridized carbons (Fsp3) is 0.600. The summed E-state index contributed by atoms with van der Waals surface area (Å²) in [6.07, 6.45) is 4.30. The van der Waals surface area contributed by atoms with E-state index < -0.39 is 8.32 Å². The Morgan fingerprint density at radius 1 is 1.03 bits per heavy atom. The lowest BCUT2D eigenvalue weighted by Gasteiger charge is -2.46. The molecule has 1 aliphatic rings. The van der Waals surface area contributed by atoms with Crippen LogP contribution in [0.5, 0.6) is 5.75 Å². The zero-order chi connectivity index (χ0) is 23.0. The number of ether oxygens (including phenoxy) is 1. The molecule has 1 saturated heterocycles. The van der Waals surface area contributed by atoms with E-state index in [1.807, 2.05) is 36.5 Å². The van der Waals surface area contributed by atoms with Crippen molar-refractivity contribution in [1.82, 2.24) is 4.90 Å². The van der Waals surface area contributed by atoms with Gasteiger partial charge in [0.05, 0.1) is 6.20 Å². The molecule has 1 heterocycles. The first kappa shape index (κ1) is 25.3. The molecule has 0 unspecified atom stereocenters. The fourth-order valence-electron chi connectivity index (χ4n) is 4.95. The molecule has 0 atom stereocenters. The molecule has 6 heteroatoms. The van der Waals surface area contributed by atoms with E-state index in [-0.39, 0.29) is 6.02 Å². The van der Waals surface area contributed by atoms with E-state index in [1.165, 1.54) is 0 Å². The summed E-state index contributed by atoms with van der Waals surface area (Å²) in [5, 5.41) is 0. The van der Waals surface area contributed by atoms with Crippen molar-refractivity contribution in [2.24, 2.45) is 9.98 Å². The molecule has 31 heavy (non-hydrogen) atoms. The van der Waals surface area contributed by atoms with E-state index in [2.05, 4.69) is 70.1 Å². The number of amidine groups is 1. The largest absolute Gasteiger partial charge is 0.424 e. The molecule has 0 spiro atoms. The number of rotatable bonds is 8. The molecule has 1 aromatic rings. The zero-order valence-electron chi connectivity index (χ0n) is 20.5. The van der Waals surface area contributed by atoms with Crippen molar-refractivity contribution in [2.45, 2.75) is 84.0 Å². The Morgan fingerprint density at radius 3 is 2.06 bits per heavy atom. The SMILES string of the molecule is C=N/C(=N\C=C(/C)N1CCC(O[Si](C(C)C)(C(C)C)C(C)C)CC1)Oc1ccccc1. The number of likely N-dealkylation sites (tertiary alicyclic amines) is 1. The summed E-state index contributed by atoms with van der Waals surface area (Å²) in [6.45, 7) is 21.8. The van der Waals surface area contributed by atoms with Gasteiger partial charge in [-0.3, -0.25) is 0 Å². The summed E-state index contributed by atoms with van der Waals surface area (Å²) in [4.78, 5) is 10.7. The average molecular weight is 444 g/mol. The van der Waals surface area contributed by atoms with Crippen molar-refractivity contribution in [2.75, 3.05) is 13.1 Å². The van der Waals surface area contributed by atoms with Crippen LogP contribution in [-0.4, -0.2) is 45.1 Å².